The minimum absolute atomic E-state index is 0.0652. The van der Waals surface area contributed by atoms with Crippen LogP contribution in [0.2, 0.25) is 0 Å². The topological polar surface area (TPSA) is 102 Å². The molecule has 0 bridgehead atoms. The molecule has 0 saturated carbocycles. The van der Waals surface area contributed by atoms with E-state index in [-0.39, 0.29) is 35.1 Å². The van der Waals surface area contributed by atoms with Crippen LogP contribution >= 0.6 is 0 Å². The van der Waals surface area contributed by atoms with E-state index < -0.39 is 22.4 Å². The summed E-state index contributed by atoms with van der Waals surface area (Å²) in [5.74, 6) is -2.20. The van der Waals surface area contributed by atoms with Gasteiger partial charge in [-0.25, -0.2) is 0 Å². The predicted molar refractivity (Wildman–Crippen MR) is 85.9 cm³/mol. The molecule has 0 aromatic heterocycles. The van der Waals surface area contributed by atoms with E-state index in [1.807, 2.05) is 0 Å². The van der Waals surface area contributed by atoms with Crippen LogP contribution in [0.1, 0.15) is 22.8 Å². The summed E-state index contributed by atoms with van der Waals surface area (Å²) < 4.78 is 48.1. The molecule has 0 fully saturated rings. The van der Waals surface area contributed by atoms with Crippen molar-refractivity contribution in [2.24, 2.45) is 0 Å². The van der Waals surface area contributed by atoms with Crippen molar-refractivity contribution in [2.45, 2.75) is 13.1 Å². The van der Waals surface area contributed by atoms with Crippen molar-refractivity contribution in [1.82, 2.24) is 0 Å². The van der Waals surface area contributed by atoms with Gasteiger partial charge in [0.15, 0.2) is 0 Å². The van der Waals surface area contributed by atoms with Gasteiger partial charge in [-0.2, -0.15) is 18.4 Å². The van der Waals surface area contributed by atoms with Crippen molar-refractivity contribution in [1.29, 1.82) is 5.26 Å². The van der Waals surface area contributed by atoms with Crippen molar-refractivity contribution >= 4 is 11.5 Å². The Morgan fingerprint density at radius 1 is 1.22 bits per heavy atom. The van der Waals surface area contributed by atoms with Crippen LogP contribution in [0.15, 0.2) is 36.4 Å². The van der Waals surface area contributed by atoms with Crippen LogP contribution in [0.4, 0.5) is 18.9 Å². The summed E-state index contributed by atoms with van der Waals surface area (Å²) in [5.41, 5.74) is -1.30. The van der Waals surface area contributed by atoms with Gasteiger partial charge in [-0.3, -0.25) is 14.9 Å². The zero-order chi connectivity index (χ0) is 20.2. The monoisotopic (exact) mass is 380 g/mol. The fourth-order valence-corrected chi connectivity index (χ4v) is 2.12. The molecule has 2 rings (SSSR count). The molecule has 0 aliphatic heterocycles. The van der Waals surface area contributed by atoms with Crippen molar-refractivity contribution < 1.29 is 32.4 Å². The maximum atomic E-state index is 12.5. The first-order valence-corrected chi connectivity index (χ1v) is 7.42. The lowest BCUT2D eigenvalue weighted by Crippen LogP contribution is -2.22. The van der Waals surface area contributed by atoms with Gasteiger partial charge in [0.2, 0.25) is 5.75 Å². The van der Waals surface area contributed by atoms with E-state index in [1.54, 1.807) is 13.0 Å². The van der Waals surface area contributed by atoms with Crippen molar-refractivity contribution in [2.75, 3.05) is 6.61 Å². The molecule has 0 saturated heterocycles. The van der Waals surface area contributed by atoms with E-state index in [4.69, 9.17) is 14.7 Å². The molecule has 0 unspecified atom stereocenters. The van der Waals surface area contributed by atoms with Gasteiger partial charge in [-0.15, -0.1) is 0 Å². The van der Waals surface area contributed by atoms with Gasteiger partial charge in [0, 0.05) is 17.7 Å². The molecular weight excluding hydrogens is 369 g/mol. The maximum absolute atomic E-state index is 12.5. The highest BCUT2D eigenvalue weighted by molar-refractivity contribution is 6.00. The van der Waals surface area contributed by atoms with Crippen LogP contribution in [-0.4, -0.2) is 23.5 Å². The molecular formula is C17H11F3N2O5. The molecule has 2 aromatic rings. The van der Waals surface area contributed by atoms with E-state index in [2.05, 4.69) is 0 Å². The number of carbonyl (C=O) groups is 1. The summed E-state index contributed by atoms with van der Waals surface area (Å²) in [6.45, 7) is 1.78. The van der Waals surface area contributed by atoms with Gasteiger partial charge in [-0.1, -0.05) is 0 Å². The first kappa shape index (κ1) is 19.7. The summed E-state index contributed by atoms with van der Waals surface area (Å²) in [5, 5.41) is 20.1. The largest absolute Gasteiger partial charge is 0.487 e. The molecule has 0 N–H and O–H groups in total. The number of ether oxygens (including phenoxy) is 2. The second kappa shape index (κ2) is 7.74. The van der Waals surface area contributed by atoms with E-state index in [1.165, 1.54) is 12.1 Å². The van der Waals surface area contributed by atoms with Gasteiger partial charge >= 0.3 is 11.9 Å². The number of hydrogen-bond acceptors (Lipinski definition) is 6. The van der Waals surface area contributed by atoms with E-state index in [0.29, 0.717) is 0 Å². The van der Waals surface area contributed by atoms with Gasteiger partial charge < -0.3 is 9.47 Å². The van der Waals surface area contributed by atoms with Crippen molar-refractivity contribution in [3.8, 4) is 23.3 Å². The van der Waals surface area contributed by atoms with Crippen LogP contribution in [0, 0.1) is 21.4 Å². The van der Waals surface area contributed by atoms with Crippen LogP contribution in [0.25, 0.3) is 0 Å². The van der Waals surface area contributed by atoms with Crippen LogP contribution in [-0.2, 0) is 0 Å². The Labute approximate surface area is 150 Å². The number of carbonyl (C=O) groups excluding carboxylic acids is 1. The lowest BCUT2D eigenvalue weighted by atomic mass is 10.1. The fraction of sp³-hybridized carbons (Fsp3) is 0.176. The minimum Gasteiger partial charge on any atom is -0.487 e. The molecule has 0 aliphatic rings. The number of rotatable bonds is 6. The number of halogens is 3. The van der Waals surface area contributed by atoms with Gasteiger partial charge in [-0.05, 0) is 31.2 Å². The summed E-state index contributed by atoms with van der Waals surface area (Å²) in [4.78, 5) is 21.6. The van der Waals surface area contributed by atoms with Gasteiger partial charge in [0.1, 0.15) is 17.6 Å². The average Bonchev–Trinajstić information content (AvgIpc) is 2.61. The first-order chi connectivity index (χ1) is 12.7. The van der Waals surface area contributed by atoms with Crippen molar-refractivity contribution in [3.05, 3.63) is 57.6 Å². The Morgan fingerprint density at radius 3 is 2.48 bits per heavy atom. The molecule has 140 valence electrons. The predicted octanol–water partition coefficient (Wildman–Crippen LogP) is 4.40. The lowest BCUT2D eigenvalue weighted by Gasteiger charge is -2.11. The molecule has 0 heterocycles. The molecule has 0 radical (unpaired) electrons. The standard InChI is InChI=1S/C17H11F3N2O5/c1-2-26-15-8-12(4-5-13(15)22(24)25)27-14-6-3-10(7-11(14)9-21)16(23)17(18,19)20/h3-8H,2H2,1H3. The number of alkyl halides is 3. The zero-order valence-corrected chi connectivity index (χ0v) is 13.7. The number of nitro groups is 1. The number of Topliss-reactive ketones (excluding diaryl/α,β-unsaturated/α-hetero) is 1. The number of ketones is 1. The van der Waals surface area contributed by atoms with Crippen LogP contribution < -0.4 is 9.47 Å². The highest BCUT2D eigenvalue weighted by atomic mass is 19.4. The fourth-order valence-electron chi connectivity index (χ4n) is 2.12. The Balaban J connectivity index is 2.37. The number of nitro benzene ring substituents is 1. The third-order valence-corrected chi connectivity index (χ3v) is 3.28. The normalized spacial score (nSPS) is 10.8. The molecule has 10 heteroatoms. The minimum atomic E-state index is -5.07. The summed E-state index contributed by atoms with van der Waals surface area (Å²) in [7, 11) is 0. The van der Waals surface area contributed by atoms with Crippen LogP contribution in [0.5, 0.6) is 17.2 Å². The molecule has 0 aliphatic carbocycles. The van der Waals surface area contributed by atoms with Crippen molar-refractivity contribution in [3.63, 3.8) is 0 Å². The number of nitriles is 1. The summed E-state index contributed by atoms with van der Waals surface area (Å²) in [6, 6.07) is 7.93. The molecule has 7 nitrogen and oxygen atoms in total. The van der Waals surface area contributed by atoms with Crippen LogP contribution in [0.3, 0.4) is 0 Å². The van der Waals surface area contributed by atoms with E-state index in [0.717, 1.165) is 24.3 Å². The Hall–Kier alpha value is -3.61. The summed E-state index contributed by atoms with van der Waals surface area (Å²) in [6.07, 6.45) is -5.07. The number of benzene rings is 2. The highest BCUT2D eigenvalue weighted by Crippen LogP contribution is 2.34. The SMILES string of the molecule is CCOc1cc(Oc2ccc(C(=O)C(F)(F)F)cc2C#N)ccc1[N+](=O)[O-]. The van der Waals surface area contributed by atoms with Gasteiger partial charge in [0.25, 0.3) is 5.78 Å². The Bertz CT molecular complexity index is 935. The van der Waals surface area contributed by atoms with E-state index >= 15 is 0 Å². The quantitative estimate of drug-likeness (QED) is 0.418. The molecule has 0 spiro atoms. The smallest absolute Gasteiger partial charge is 0.454 e. The third kappa shape index (κ3) is 4.52. The average molecular weight is 380 g/mol. The maximum Gasteiger partial charge on any atom is 0.454 e. The third-order valence-electron chi connectivity index (χ3n) is 3.28. The first-order valence-electron chi connectivity index (χ1n) is 7.42. The zero-order valence-electron chi connectivity index (χ0n) is 13.7. The second-order valence-corrected chi connectivity index (χ2v) is 5.07. The number of nitrogens with zero attached hydrogens (tertiary/aromatic N) is 2. The lowest BCUT2D eigenvalue weighted by molar-refractivity contribution is -0.385. The highest BCUT2D eigenvalue weighted by Gasteiger charge is 2.39. The molecule has 0 amide bonds. The Morgan fingerprint density at radius 2 is 1.93 bits per heavy atom. The number of hydrogen-bond donors (Lipinski definition) is 0. The Kier molecular flexibility index (Phi) is 5.65. The van der Waals surface area contributed by atoms with Gasteiger partial charge in [0.05, 0.1) is 17.1 Å². The molecule has 2 aromatic carbocycles. The van der Waals surface area contributed by atoms with E-state index in [9.17, 15) is 28.1 Å². The second-order valence-electron chi connectivity index (χ2n) is 5.07. The summed E-state index contributed by atoms with van der Waals surface area (Å²) >= 11 is 0. The molecule has 27 heavy (non-hydrogen) atoms. The molecule has 0 atom stereocenters.